The van der Waals surface area contributed by atoms with Crippen LogP contribution in [0.5, 0.6) is 11.5 Å². The molecular weight excluding hydrogens is 633 g/mol. The van der Waals surface area contributed by atoms with Crippen molar-refractivity contribution in [1.29, 1.82) is 0 Å². The number of ether oxygens (including phenoxy) is 2. The number of amides is 3. The summed E-state index contributed by atoms with van der Waals surface area (Å²) in [4.78, 5) is 44.6. The van der Waals surface area contributed by atoms with Crippen LogP contribution in [-0.4, -0.2) is 42.2 Å². The lowest BCUT2D eigenvalue weighted by Gasteiger charge is -2.13. The number of thioether (sulfide) groups is 1. The average Bonchev–Trinajstić information content (AvgIpc) is 3.57. The highest BCUT2D eigenvalue weighted by Gasteiger charge is 2.17. The number of aromatic nitrogens is 1. The zero-order chi connectivity index (χ0) is 33.0. The van der Waals surface area contributed by atoms with E-state index in [1.54, 1.807) is 67.8 Å². The molecule has 0 saturated carbocycles. The normalized spacial score (nSPS) is 11.0. The molecule has 0 fully saturated rings. The molecule has 5 rings (SSSR count). The molecule has 238 valence electrons. The summed E-state index contributed by atoms with van der Waals surface area (Å²) in [5.41, 5.74) is 3.28. The van der Waals surface area contributed by atoms with Gasteiger partial charge in [0, 0.05) is 32.7 Å². The summed E-state index contributed by atoms with van der Waals surface area (Å²) in [6.45, 7) is 2.32. The summed E-state index contributed by atoms with van der Waals surface area (Å²) in [7, 11) is 1.61. The predicted octanol–water partition coefficient (Wildman–Crippen LogP) is 7.36. The molecule has 5 aromatic rings. The van der Waals surface area contributed by atoms with Crippen molar-refractivity contribution in [2.24, 2.45) is 0 Å². The van der Waals surface area contributed by atoms with E-state index in [0.29, 0.717) is 34.3 Å². The number of hydrogen-bond donors (Lipinski definition) is 3. The summed E-state index contributed by atoms with van der Waals surface area (Å²) >= 11 is 2.67. The monoisotopic (exact) mass is 664 g/mol. The van der Waals surface area contributed by atoms with Crippen LogP contribution in [0, 0.1) is 0 Å². The van der Waals surface area contributed by atoms with Gasteiger partial charge in [0.15, 0.2) is 5.13 Å². The summed E-state index contributed by atoms with van der Waals surface area (Å²) < 4.78 is 10.9. The number of rotatable bonds is 13. The maximum atomic E-state index is 13.6. The van der Waals surface area contributed by atoms with Gasteiger partial charge in [0.1, 0.15) is 17.2 Å². The Labute approximate surface area is 281 Å². The Morgan fingerprint density at radius 1 is 0.894 bits per heavy atom. The largest absolute Gasteiger partial charge is 0.497 e. The second-order valence-corrected chi connectivity index (χ2v) is 11.8. The van der Waals surface area contributed by atoms with E-state index in [9.17, 15) is 14.4 Å². The van der Waals surface area contributed by atoms with Gasteiger partial charge in [-0.1, -0.05) is 42.5 Å². The number of anilines is 2. The van der Waals surface area contributed by atoms with Gasteiger partial charge in [0.05, 0.1) is 25.2 Å². The fourth-order valence-corrected chi connectivity index (χ4v) is 5.87. The summed E-state index contributed by atoms with van der Waals surface area (Å²) in [5, 5.41) is 10.9. The number of carbonyl (C=O) groups excluding carboxylic acids is 3. The second kappa shape index (κ2) is 16.3. The van der Waals surface area contributed by atoms with Crippen LogP contribution in [0.15, 0.2) is 119 Å². The number of benzene rings is 4. The van der Waals surface area contributed by atoms with Crippen molar-refractivity contribution in [2.45, 2.75) is 11.8 Å². The number of thiazole rings is 1. The molecule has 3 amide bonds. The number of carbonyl (C=O) groups is 3. The third-order valence-electron chi connectivity index (χ3n) is 6.65. The lowest BCUT2D eigenvalue weighted by molar-refractivity contribution is -0.114. The molecule has 3 N–H and O–H groups in total. The minimum absolute atomic E-state index is 0.0425. The Morgan fingerprint density at radius 3 is 2.43 bits per heavy atom. The topological polar surface area (TPSA) is 119 Å². The summed E-state index contributed by atoms with van der Waals surface area (Å²) in [6.07, 6.45) is 1.59. The number of hydrogen-bond acceptors (Lipinski definition) is 8. The van der Waals surface area contributed by atoms with Crippen molar-refractivity contribution in [2.75, 3.05) is 30.1 Å². The standard InChI is InChI=1S/C36H32N4O5S2/c1-3-45-32-15-8-7-12-26(32)20-30(38-34(42)25-10-5-4-6-11-25)35(43)37-27-13-9-14-29(21-27)46-23-33(41)40-36-39-31(22-47-36)24-16-18-28(44-2)19-17-24/h4-22H,3,23H2,1-2H3,(H,37,43)(H,38,42)(H,39,40,41)/b30-20+. The van der Waals surface area contributed by atoms with Crippen LogP contribution < -0.4 is 25.4 Å². The lowest BCUT2D eigenvalue weighted by Crippen LogP contribution is -2.30. The fraction of sp³-hybridized carbons (Fsp3) is 0.111. The lowest BCUT2D eigenvalue weighted by atomic mass is 10.1. The quantitative estimate of drug-likeness (QED) is 0.0889. The first kappa shape index (κ1) is 33.0. The summed E-state index contributed by atoms with van der Waals surface area (Å²) in [5.74, 6) is 0.335. The van der Waals surface area contributed by atoms with E-state index in [1.165, 1.54) is 23.1 Å². The van der Waals surface area contributed by atoms with Gasteiger partial charge in [-0.05, 0) is 73.7 Å². The molecule has 47 heavy (non-hydrogen) atoms. The minimum Gasteiger partial charge on any atom is -0.497 e. The van der Waals surface area contributed by atoms with Crippen LogP contribution >= 0.6 is 23.1 Å². The Hall–Kier alpha value is -5.39. The van der Waals surface area contributed by atoms with Crippen LogP contribution in [0.25, 0.3) is 17.3 Å². The molecule has 0 atom stereocenters. The van der Waals surface area contributed by atoms with Crippen molar-refractivity contribution >= 4 is 57.7 Å². The molecule has 1 heterocycles. The molecule has 0 aliphatic carbocycles. The highest BCUT2D eigenvalue weighted by molar-refractivity contribution is 8.00. The van der Waals surface area contributed by atoms with E-state index in [0.717, 1.165) is 21.9 Å². The van der Waals surface area contributed by atoms with Crippen molar-refractivity contribution in [3.8, 4) is 22.8 Å². The van der Waals surface area contributed by atoms with E-state index >= 15 is 0 Å². The third-order valence-corrected chi connectivity index (χ3v) is 8.40. The molecule has 0 bridgehead atoms. The molecule has 1 aromatic heterocycles. The fourth-order valence-electron chi connectivity index (χ4n) is 4.38. The Kier molecular flexibility index (Phi) is 11.4. The Bertz CT molecular complexity index is 1870. The van der Waals surface area contributed by atoms with Crippen LogP contribution in [0.4, 0.5) is 10.8 Å². The minimum atomic E-state index is -0.517. The molecule has 0 aliphatic heterocycles. The second-order valence-electron chi connectivity index (χ2n) is 9.93. The van der Waals surface area contributed by atoms with Crippen LogP contribution in [0.3, 0.4) is 0 Å². The average molecular weight is 665 g/mol. The van der Waals surface area contributed by atoms with E-state index in [2.05, 4.69) is 20.9 Å². The zero-order valence-electron chi connectivity index (χ0n) is 25.7. The molecule has 0 unspecified atom stereocenters. The number of methoxy groups -OCH3 is 1. The molecule has 0 radical (unpaired) electrons. The molecule has 0 spiro atoms. The van der Waals surface area contributed by atoms with Gasteiger partial charge in [-0.25, -0.2) is 4.98 Å². The van der Waals surface area contributed by atoms with Gasteiger partial charge in [0.2, 0.25) is 5.91 Å². The zero-order valence-corrected chi connectivity index (χ0v) is 27.3. The van der Waals surface area contributed by atoms with E-state index < -0.39 is 11.8 Å². The number of nitrogens with one attached hydrogen (secondary N) is 3. The van der Waals surface area contributed by atoms with E-state index in [4.69, 9.17) is 9.47 Å². The van der Waals surface area contributed by atoms with E-state index in [-0.39, 0.29) is 17.4 Å². The van der Waals surface area contributed by atoms with Crippen molar-refractivity contribution in [3.05, 3.63) is 125 Å². The van der Waals surface area contributed by atoms with Gasteiger partial charge in [0.25, 0.3) is 11.8 Å². The Morgan fingerprint density at radius 2 is 1.66 bits per heavy atom. The van der Waals surface area contributed by atoms with Crippen LogP contribution in [0.1, 0.15) is 22.8 Å². The molecule has 4 aromatic carbocycles. The van der Waals surface area contributed by atoms with Gasteiger partial charge in [-0.15, -0.1) is 23.1 Å². The maximum absolute atomic E-state index is 13.6. The van der Waals surface area contributed by atoms with Crippen LogP contribution in [0.2, 0.25) is 0 Å². The van der Waals surface area contributed by atoms with Crippen molar-refractivity contribution < 1.29 is 23.9 Å². The first-order chi connectivity index (χ1) is 22.9. The predicted molar refractivity (Wildman–Crippen MR) is 188 cm³/mol. The molecule has 0 saturated heterocycles. The molecule has 11 heteroatoms. The van der Waals surface area contributed by atoms with Gasteiger partial charge in [-0.2, -0.15) is 0 Å². The van der Waals surface area contributed by atoms with Crippen molar-refractivity contribution in [3.63, 3.8) is 0 Å². The number of nitrogens with zero attached hydrogens (tertiary/aromatic N) is 1. The molecule has 9 nitrogen and oxygen atoms in total. The van der Waals surface area contributed by atoms with Gasteiger partial charge in [-0.3, -0.25) is 14.4 Å². The SMILES string of the molecule is CCOc1ccccc1/C=C(/NC(=O)c1ccccc1)C(=O)Nc1cccc(SCC(=O)Nc2nc(-c3ccc(OC)cc3)cs2)c1. The van der Waals surface area contributed by atoms with E-state index in [1.807, 2.05) is 60.8 Å². The maximum Gasteiger partial charge on any atom is 0.272 e. The summed E-state index contributed by atoms with van der Waals surface area (Å²) in [6, 6.07) is 30.6. The first-order valence-corrected chi connectivity index (χ1v) is 16.5. The Balaban J connectivity index is 1.24. The first-order valence-electron chi connectivity index (χ1n) is 14.7. The third kappa shape index (κ3) is 9.32. The number of para-hydroxylation sites is 1. The van der Waals surface area contributed by atoms with Gasteiger partial charge >= 0.3 is 0 Å². The molecule has 0 aliphatic rings. The molecular formula is C36H32N4O5S2. The highest BCUT2D eigenvalue weighted by Crippen LogP contribution is 2.28. The van der Waals surface area contributed by atoms with Gasteiger partial charge < -0.3 is 25.4 Å². The highest BCUT2D eigenvalue weighted by atomic mass is 32.2. The van der Waals surface area contributed by atoms with Crippen LogP contribution in [-0.2, 0) is 9.59 Å². The smallest absolute Gasteiger partial charge is 0.272 e. The van der Waals surface area contributed by atoms with Crippen molar-refractivity contribution in [1.82, 2.24) is 10.3 Å².